The molecule has 27 heavy (non-hydrogen) atoms. The summed E-state index contributed by atoms with van der Waals surface area (Å²) < 4.78 is 30.6. The van der Waals surface area contributed by atoms with Gasteiger partial charge in [0.05, 0.1) is 19.1 Å². The number of fused-ring (bicyclic) bond motifs is 1. The van der Waals surface area contributed by atoms with Crippen molar-refractivity contribution in [2.75, 3.05) is 29.5 Å². The SMILES string of the molecule is COc1ccc(CCC(=O)Nc2ccc3c(c2)N(S(C)(=O)=O)CCC3)cc1. The average Bonchev–Trinajstić information content (AvgIpc) is 2.65. The molecule has 6 nitrogen and oxygen atoms in total. The summed E-state index contributed by atoms with van der Waals surface area (Å²) in [4.78, 5) is 12.3. The number of hydrogen-bond acceptors (Lipinski definition) is 4. The highest BCUT2D eigenvalue weighted by Gasteiger charge is 2.24. The number of benzene rings is 2. The summed E-state index contributed by atoms with van der Waals surface area (Å²) in [6, 6.07) is 13.1. The summed E-state index contributed by atoms with van der Waals surface area (Å²) in [5.74, 6) is 0.681. The molecule has 2 aromatic rings. The first kappa shape index (κ1) is 19.2. The molecule has 0 aromatic heterocycles. The molecule has 1 aliphatic heterocycles. The van der Waals surface area contributed by atoms with Crippen molar-refractivity contribution in [2.24, 2.45) is 0 Å². The Morgan fingerprint density at radius 3 is 2.59 bits per heavy atom. The first-order valence-electron chi connectivity index (χ1n) is 8.90. The normalized spacial score (nSPS) is 13.8. The Kier molecular flexibility index (Phi) is 5.70. The molecule has 2 aromatic carbocycles. The third-order valence-electron chi connectivity index (χ3n) is 4.65. The molecule has 144 valence electrons. The number of nitrogens with one attached hydrogen (secondary N) is 1. The first-order valence-corrected chi connectivity index (χ1v) is 10.7. The molecular weight excluding hydrogens is 364 g/mol. The van der Waals surface area contributed by atoms with Crippen molar-refractivity contribution < 1.29 is 17.9 Å². The summed E-state index contributed by atoms with van der Waals surface area (Å²) in [5.41, 5.74) is 3.32. The van der Waals surface area contributed by atoms with E-state index >= 15 is 0 Å². The summed E-state index contributed by atoms with van der Waals surface area (Å²) >= 11 is 0. The second-order valence-corrected chi connectivity index (χ2v) is 8.59. The number of amides is 1. The van der Waals surface area contributed by atoms with Crippen LogP contribution in [0.3, 0.4) is 0 Å². The van der Waals surface area contributed by atoms with Crippen LogP contribution in [0.25, 0.3) is 0 Å². The molecule has 7 heteroatoms. The van der Waals surface area contributed by atoms with Crippen LogP contribution in [0.15, 0.2) is 42.5 Å². The van der Waals surface area contributed by atoms with Gasteiger partial charge in [0.2, 0.25) is 15.9 Å². The van der Waals surface area contributed by atoms with Crippen molar-refractivity contribution in [3.63, 3.8) is 0 Å². The molecule has 0 aliphatic carbocycles. The molecule has 0 atom stereocenters. The molecule has 0 saturated heterocycles. The molecule has 1 heterocycles. The quantitative estimate of drug-likeness (QED) is 0.825. The zero-order valence-corrected chi connectivity index (χ0v) is 16.4. The van der Waals surface area contributed by atoms with Crippen LogP contribution in [0.4, 0.5) is 11.4 Å². The number of ether oxygens (including phenoxy) is 1. The van der Waals surface area contributed by atoms with Gasteiger partial charge in [0.15, 0.2) is 0 Å². The lowest BCUT2D eigenvalue weighted by Gasteiger charge is -2.29. The van der Waals surface area contributed by atoms with Gasteiger partial charge in [-0.3, -0.25) is 9.10 Å². The van der Waals surface area contributed by atoms with Crippen LogP contribution in [0.5, 0.6) is 5.75 Å². The number of carbonyl (C=O) groups excluding carboxylic acids is 1. The van der Waals surface area contributed by atoms with E-state index in [0.717, 1.165) is 29.7 Å². The third kappa shape index (κ3) is 4.80. The monoisotopic (exact) mass is 388 g/mol. The summed E-state index contributed by atoms with van der Waals surface area (Å²) in [5, 5.41) is 2.87. The highest BCUT2D eigenvalue weighted by Crippen LogP contribution is 2.31. The van der Waals surface area contributed by atoms with E-state index in [1.54, 1.807) is 13.2 Å². The van der Waals surface area contributed by atoms with E-state index in [2.05, 4.69) is 5.32 Å². The lowest BCUT2D eigenvalue weighted by atomic mass is 10.0. The fourth-order valence-electron chi connectivity index (χ4n) is 3.24. The fourth-order valence-corrected chi connectivity index (χ4v) is 4.22. The topological polar surface area (TPSA) is 75.7 Å². The second-order valence-electron chi connectivity index (χ2n) is 6.68. The predicted molar refractivity (Wildman–Crippen MR) is 107 cm³/mol. The number of nitrogens with zero attached hydrogens (tertiary/aromatic N) is 1. The Hall–Kier alpha value is -2.54. The Bertz CT molecular complexity index is 923. The molecule has 0 radical (unpaired) electrons. The minimum absolute atomic E-state index is 0.104. The average molecular weight is 388 g/mol. The van der Waals surface area contributed by atoms with Crippen LogP contribution >= 0.6 is 0 Å². The first-order chi connectivity index (χ1) is 12.9. The molecule has 1 aliphatic rings. The van der Waals surface area contributed by atoms with Gasteiger partial charge in [0.1, 0.15) is 5.75 Å². The number of hydrogen-bond donors (Lipinski definition) is 1. The van der Waals surface area contributed by atoms with Gasteiger partial charge in [-0.05, 0) is 54.7 Å². The number of anilines is 2. The predicted octanol–water partition coefficient (Wildman–Crippen LogP) is 2.98. The van der Waals surface area contributed by atoms with E-state index in [4.69, 9.17) is 4.74 Å². The van der Waals surface area contributed by atoms with Crippen molar-refractivity contribution in [2.45, 2.75) is 25.7 Å². The molecule has 0 saturated carbocycles. The lowest BCUT2D eigenvalue weighted by molar-refractivity contribution is -0.116. The van der Waals surface area contributed by atoms with Crippen LogP contribution in [0.2, 0.25) is 0 Å². The van der Waals surface area contributed by atoms with Gasteiger partial charge < -0.3 is 10.1 Å². The van der Waals surface area contributed by atoms with E-state index < -0.39 is 10.0 Å². The third-order valence-corrected chi connectivity index (χ3v) is 5.83. The molecule has 3 rings (SSSR count). The van der Waals surface area contributed by atoms with Gasteiger partial charge in [-0.15, -0.1) is 0 Å². The van der Waals surface area contributed by atoms with Gasteiger partial charge in [-0.25, -0.2) is 8.42 Å². The minimum Gasteiger partial charge on any atom is -0.497 e. The summed E-state index contributed by atoms with van der Waals surface area (Å²) in [7, 11) is -1.71. The van der Waals surface area contributed by atoms with E-state index in [9.17, 15) is 13.2 Å². The zero-order chi connectivity index (χ0) is 19.4. The van der Waals surface area contributed by atoms with Crippen molar-refractivity contribution >= 4 is 27.3 Å². The Balaban J connectivity index is 1.66. The highest BCUT2D eigenvalue weighted by molar-refractivity contribution is 7.92. The number of aryl methyl sites for hydroxylation is 2. The maximum atomic E-state index is 12.3. The molecule has 0 unspecified atom stereocenters. The van der Waals surface area contributed by atoms with Gasteiger partial charge in [0, 0.05) is 18.7 Å². The maximum Gasteiger partial charge on any atom is 0.232 e. The molecule has 1 amide bonds. The molecular formula is C20H24N2O4S. The number of rotatable bonds is 6. The van der Waals surface area contributed by atoms with Crippen LogP contribution in [-0.2, 0) is 27.7 Å². The number of sulfonamides is 1. The van der Waals surface area contributed by atoms with Crippen LogP contribution in [0, 0.1) is 0 Å². The summed E-state index contributed by atoms with van der Waals surface area (Å²) in [6.45, 7) is 0.473. The Morgan fingerprint density at radius 1 is 1.19 bits per heavy atom. The Morgan fingerprint density at radius 2 is 1.93 bits per heavy atom. The largest absolute Gasteiger partial charge is 0.497 e. The van der Waals surface area contributed by atoms with Gasteiger partial charge >= 0.3 is 0 Å². The minimum atomic E-state index is -3.33. The van der Waals surface area contributed by atoms with Gasteiger partial charge in [0.25, 0.3) is 0 Å². The van der Waals surface area contributed by atoms with E-state index in [-0.39, 0.29) is 5.91 Å². The molecule has 0 fully saturated rings. The molecule has 0 spiro atoms. The van der Waals surface area contributed by atoms with Crippen molar-refractivity contribution in [1.82, 2.24) is 0 Å². The number of carbonyl (C=O) groups is 1. The van der Waals surface area contributed by atoms with Crippen molar-refractivity contribution in [3.05, 3.63) is 53.6 Å². The van der Waals surface area contributed by atoms with E-state index in [0.29, 0.717) is 30.8 Å². The van der Waals surface area contributed by atoms with Crippen molar-refractivity contribution in [1.29, 1.82) is 0 Å². The van der Waals surface area contributed by atoms with E-state index in [1.165, 1.54) is 10.6 Å². The van der Waals surface area contributed by atoms with E-state index in [1.807, 2.05) is 36.4 Å². The van der Waals surface area contributed by atoms with Crippen LogP contribution in [0.1, 0.15) is 24.0 Å². The second kappa shape index (κ2) is 8.00. The highest BCUT2D eigenvalue weighted by atomic mass is 32.2. The van der Waals surface area contributed by atoms with Gasteiger partial charge in [-0.1, -0.05) is 18.2 Å². The zero-order valence-electron chi connectivity index (χ0n) is 15.6. The van der Waals surface area contributed by atoms with Crippen LogP contribution < -0.4 is 14.4 Å². The molecule has 0 bridgehead atoms. The fraction of sp³-hybridized carbons (Fsp3) is 0.350. The molecule has 1 N–H and O–H groups in total. The standard InChI is InChI=1S/C20H24N2O4S/c1-26-18-10-5-15(6-11-18)7-12-20(23)21-17-9-8-16-4-3-13-22(19(16)14-17)27(2,24)25/h5-6,8-11,14H,3-4,7,12-13H2,1-2H3,(H,21,23). The number of methoxy groups -OCH3 is 1. The summed E-state index contributed by atoms with van der Waals surface area (Å²) in [6.07, 6.45) is 3.82. The smallest absolute Gasteiger partial charge is 0.232 e. The van der Waals surface area contributed by atoms with Crippen LogP contribution in [-0.4, -0.2) is 34.2 Å². The Labute approximate surface area is 160 Å². The lowest BCUT2D eigenvalue weighted by Crippen LogP contribution is -2.34. The maximum absolute atomic E-state index is 12.3. The van der Waals surface area contributed by atoms with Gasteiger partial charge in [-0.2, -0.15) is 0 Å². The van der Waals surface area contributed by atoms with Crippen molar-refractivity contribution in [3.8, 4) is 5.75 Å².